The summed E-state index contributed by atoms with van der Waals surface area (Å²) in [7, 11) is 3.40. The molecule has 0 N–H and O–H groups in total. The number of allylic oxidation sites excluding steroid dienone is 2. The third kappa shape index (κ3) is 6.46. The zero-order chi connectivity index (χ0) is 21.2. The molecular formula is C25H29NO3. The molecule has 152 valence electrons. The molecule has 4 heteroatoms. The summed E-state index contributed by atoms with van der Waals surface area (Å²) in [6.45, 7) is 6.33. The fourth-order valence-corrected chi connectivity index (χ4v) is 2.79. The van der Waals surface area contributed by atoms with Gasteiger partial charge in [-0.15, -0.1) is 6.58 Å². The molecule has 0 bridgehead atoms. The lowest BCUT2D eigenvalue weighted by molar-refractivity contribution is 0.0826. The predicted molar refractivity (Wildman–Crippen MR) is 118 cm³/mol. The summed E-state index contributed by atoms with van der Waals surface area (Å²) in [5, 5.41) is 0. The van der Waals surface area contributed by atoms with Crippen molar-refractivity contribution >= 4 is 17.8 Å². The average Bonchev–Trinajstić information content (AvgIpc) is 2.72. The fraction of sp³-hybridized carbons (Fsp3) is 0.280. The lowest BCUT2D eigenvalue weighted by Gasteiger charge is -2.12. The normalized spacial score (nSPS) is 11.1. The second-order valence-electron chi connectivity index (χ2n) is 7.05. The Labute approximate surface area is 173 Å². The van der Waals surface area contributed by atoms with Crippen LogP contribution in [0.2, 0.25) is 0 Å². The van der Waals surface area contributed by atoms with Gasteiger partial charge in [-0.1, -0.05) is 55.8 Å². The lowest BCUT2D eigenvalue weighted by atomic mass is 10.0. The Hall–Kier alpha value is -3.14. The third-order valence-electron chi connectivity index (χ3n) is 4.41. The minimum Gasteiger partial charge on any atom is -0.489 e. The molecule has 2 aromatic carbocycles. The van der Waals surface area contributed by atoms with Gasteiger partial charge in [0.2, 0.25) is 5.78 Å². The maximum absolute atomic E-state index is 13.1. The van der Waals surface area contributed by atoms with E-state index < -0.39 is 0 Å². The molecule has 0 saturated heterocycles. The van der Waals surface area contributed by atoms with Gasteiger partial charge in [-0.05, 0) is 42.2 Å². The minimum atomic E-state index is -0.195. The van der Waals surface area contributed by atoms with Gasteiger partial charge in [0.05, 0.1) is 6.61 Å². The second kappa shape index (κ2) is 11.0. The number of hydrogen-bond acceptors (Lipinski definition) is 3. The summed E-state index contributed by atoms with van der Waals surface area (Å²) >= 11 is 0. The van der Waals surface area contributed by atoms with Crippen LogP contribution in [0, 0.1) is 0 Å². The first-order valence-electron chi connectivity index (χ1n) is 9.87. The van der Waals surface area contributed by atoms with E-state index in [-0.39, 0.29) is 11.7 Å². The Morgan fingerprint density at radius 2 is 1.76 bits per heavy atom. The summed E-state index contributed by atoms with van der Waals surface area (Å²) in [5.41, 5.74) is 3.07. The Morgan fingerprint density at radius 3 is 2.38 bits per heavy atom. The number of ketones is 1. The molecule has 0 aliphatic heterocycles. The molecular weight excluding hydrogens is 362 g/mol. The maximum Gasteiger partial charge on any atom is 0.253 e. The van der Waals surface area contributed by atoms with Crippen LogP contribution < -0.4 is 0 Å². The van der Waals surface area contributed by atoms with Crippen LogP contribution in [0.4, 0.5) is 0 Å². The van der Waals surface area contributed by atoms with Crippen LogP contribution in [0.15, 0.2) is 66.9 Å². The molecule has 0 spiro atoms. The Kier molecular flexibility index (Phi) is 8.41. The first kappa shape index (κ1) is 22.2. The molecule has 0 radical (unpaired) electrons. The molecule has 0 unspecified atom stereocenters. The van der Waals surface area contributed by atoms with Gasteiger partial charge in [0.25, 0.3) is 5.91 Å². The van der Waals surface area contributed by atoms with E-state index in [2.05, 4.69) is 13.5 Å². The number of hydrogen-bond donors (Lipinski definition) is 0. The van der Waals surface area contributed by atoms with Crippen LogP contribution in [0.3, 0.4) is 0 Å². The van der Waals surface area contributed by atoms with Crippen molar-refractivity contribution < 1.29 is 14.3 Å². The van der Waals surface area contributed by atoms with E-state index in [1.165, 1.54) is 4.90 Å². The summed E-state index contributed by atoms with van der Waals surface area (Å²) in [5.74, 6) is 0.0120. The minimum absolute atomic E-state index is 0.0991. The summed E-state index contributed by atoms with van der Waals surface area (Å²) < 4.78 is 5.83. The molecule has 0 atom stereocenters. The number of rotatable bonds is 10. The number of benzene rings is 2. The monoisotopic (exact) mass is 391 g/mol. The van der Waals surface area contributed by atoms with Gasteiger partial charge in [-0.2, -0.15) is 0 Å². The van der Waals surface area contributed by atoms with Gasteiger partial charge in [0.1, 0.15) is 0 Å². The molecule has 0 aliphatic carbocycles. The van der Waals surface area contributed by atoms with Gasteiger partial charge in [0, 0.05) is 25.2 Å². The maximum atomic E-state index is 13.1. The van der Waals surface area contributed by atoms with Gasteiger partial charge < -0.3 is 9.64 Å². The molecule has 2 aromatic rings. The molecule has 1 amide bonds. The van der Waals surface area contributed by atoms with Crippen molar-refractivity contribution in [1.29, 1.82) is 0 Å². The number of carbonyl (C=O) groups is 2. The highest BCUT2D eigenvalue weighted by molar-refractivity contribution is 6.10. The second-order valence-corrected chi connectivity index (χ2v) is 7.05. The average molecular weight is 392 g/mol. The predicted octanol–water partition coefficient (Wildman–Crippen LogP) is 5.16. The van der Waals surface area contributed by atoms with Crippen molar-refractivity contribution in [1.82, 2.24) is 4.90 Å². The highest BCUT2D eigenvalue weighted by atomic mass is 16.5. The SMILES string of the molecule is C=CCc1cccc(C=C(OCCCC)C(=O)c2ccc(C(=O)N(C)C)cc2)c1. The van der Waals surface area contributed by atoms with Crippen LogP contribution in [0.5, 0.6) is 0 Å². The van der Waals surface area contributed by atoms with Crippen molar-refractivity contribution in [3.8, 4) is 0 Å². The molecule has 0 aliphatic rings. The van der Waals surface area contributed by atoms with Crippen LogP contribution in [-0.2, 0) is 11.2 Å². The quantitative estimate of drug-likeness (QED) is 0.185. The van der Waals surface area contributed by atoms with E-state index in [1.54, 1.807) is 44.4 Å². The molecule has 2 rings (SSSR count). The molecule has 29 heavy (non-hydrogen) atoms. The highest BCUT2D eigenvalue weighted by Gasteiger charge is 2.16. The Morgan fingerprint density at radius 1 is 1.07 bits per heavy atom. The van der Waals surface area contributed by atoms with Crippen LogP contribution in [-0.4, -0.2) is 37.3 Å². The van der Waals surface area contributed by atoms with E-state index in [0.29, 0.717) is 23.5 Å². The first-order chi connectivity index (χ1) is 14.0. The summed E-state index contributed by atoms with van der Waals surface area (Å²) in [6.07, 6.45) is 6.25. The van der Waals surface area contributed by atoms with Crippen molar-refractivity contribution in [2.24, 2.45) is 0 Å². The number of Topliss-reactive ketones (excluding diaryl/α,β-unsaturated/α-hetero) is 1. The lowest BCUT2D eigenvalue weighted by Crippen LogP contribution is -2.21. The van der Waals surface area contributed by atoms with Crippen LogP contribution >= 0.6 is 0 Å². The first-order valence-corrected chi connectivity index (χ1v) is 9.87. The number of ether oxygens (including phenoxy) is 1. The molecule has 0 heterocycles. The topological polar surface area (TPSA) is 46.6 Å². The zero-order valence-corrected chi connectivity index (χ0v) is 17.5. The van der Waals surface area contributed by atoms with Crippen LogP contribution in [0.1, 0.15) is 51.6 Å². The van der Waals surface area contributed by atoms with Gasteiger partial charge >= 0.3 is 0 Å². The highest BCUT2D eigenvalue weighted by Crippen LogP contribution is 2.17. The number of carbonyl (C=O) groups excluding carboxylic acids is 2. The fourth-order valence-electron chi connectivity index (χ4n) is 2.79. The van der Waals surface area contributed by atoms with E-state index in [4.69, 9.17) is 4.74 Å². The number of nitrogens with zero attached hydrogens (tertiary/aromatic N) is 1. The third-order valence-corrected chi connectivity index (χ3v) is 4.41. The van der Waals surface area contributed by atoms with Crippen molar-refractivity contribution in [3.63, 3.8) is 0 Å². The number of amides is 1. The van der Waals surface area contributed by atoms with Crippen molar-refractivity contribution in [2.45, 2.75) is 26.2 Å². The largest absolute Gasteiger partial charge is 0.489 e. The molecule has 0 saturated carbocycles. The van der Waals surface area contributed by atoms with E-state index in [0.717, 1.165) is 30.4 Å². The van der Waals surface area contributed by atoms with Gasteiger partial charge in [-0.25, -0.2) is 0 Å². The Bertz CT molecular complexity index is 879. The molecule has 0 fully saturated rings. The van der Waals surface area contributed by atoms with Crippen molar-refractivity contribution in [2.75, 3.05) is 20.7 Å². The smallest absolute Gasteiger partial charge is 0.253 e. The van der Waals surface area contributed by atoms with Crippen LogP contribution in [0.25, 0.3) is 6.08 Å². The standard InChI is InChI=1S/C25H29NO3/c1-5-7-16-29-23(18-20-11-8-10-19(17-20)9-6-2)24(27)21-12-14-22(15-13-21)25(28)26(3)4/h6,8,10-15,17-18H,2,5,7,9,16H2,1,3-4H3. The number of unbranched alkanes of at least 4 members (excludes halogenated alkanes) is 1. The summed E-state index contributed by atoms with van der Waals surface area (Å²) in [6, 6.07) is 14.6. The van der Waals surface area contributed by atoms with E-state index in [9.17, 15) is 9.59 Å². The summed E-state index contributed by atoms with van der Waals surface area (Å²) in [4.78, 5) is 26.6. The molecule has 0 aromatic heterocycles. The van der Waals surface area contributed by atoms with E-state index in [1.807, 2.05) is 30.3 Å². The zero-order valence-electron chi connectivity index (χ0n) is 17.5. The Balaban J connectivity index is 2.31. The van der Waals surface area contributed by atoms with Gasteiger partial charge in [-0.3, -0.25) is 9.59 Å². The van der Waals surface area contributed by atoms with E-state index >= 15 is 0 Å². The molecule has 4 nitrogen and oxygen atoms in total. The van der Waals surface area contributed by atoms with Crippen molar-refractivity contribution in [3.05, 3.63) is 89.2 Å². The van der Waals surface area contributed by atoms with Gasteiger partial charge in [0.15, 0.2) is 5.76 Å².